The van der Waals surface area contributed by atoms with Crippen molar-refractivity contribution >= 4 is 16.0 Å². The molecule has 0 saturated heterocycles. The van der Waals surface area contributed by atoms with Gasteiger partial charge in [-0.25, -0.2) is 13.1 Å². The summed E-state index contributed by atoms with van der Waals surface area (Å²) in [6, 6.07) is 9.91. The monoisotopic (exact) mass is 429 g/mol. The van der Waals surface area contributed by atoms with E-state index < -0.39 is 21.4 Å². The number of carboxylic acid groups (broad SMARTS) is 1. The molecule has 2 heterocycles. The third-order valence-corrected chi connectivity index (χ3v) is 6.66. The van der Waals surface area contributed by atoms with Gasteiger partial charge >= 0.3 is 5.97 Å². The number of rotatable bonds is 10. The van der Waals surface area contributed by atoms with E-state index in [2.05, 4.69) is 15.0 Å². The lowest BCUT2D eigenvalue weighted by Crippen LogP contribution is -2.45. The highest BCUT2D eigenvalue weighted by Gasteiger charge is 2.24. The summed E-state index contributed by atoms with van der Waals surface area (Å²) in [5, 5.41) is 11.4. The maximum atomic E-state index is 12.4. The summed E-state index contributed by atoms with van der Waals surface area (Å²) in [5.41, 5.74) is 4.05. The minimum atomic E-state index is -3.44. The number of aliphatic carboxylic acids is 1. The number of sulfonamides is 1. The molecule has 0 spiro atoms. The number of carbonyl (C=O) groups is 1. The second-order valence-corrected chi connectivity index (χ2v) is 9.33. The molecule has 3 rings (SSSR count). The summed E-state index contributed by atoms with van der Waals surface area (Å²) in [6.07, 6.45) is 9.49. The quantitative estimate of drug-likeness (QED) is 0.499. The number of hydrogen-bond acceptors (Lipinski definition) is 5. The van der Waals surface area contributed by atoms with Crippen molar-refractivity contribution in [2.75, 3.05) is 13.1 Å². The first-order chi connectivity index (χ1) is 14.4. The number of aryl methyl sites for hydroxylation is 1. The van der Waals surface area contributed by atoms with Crippen LogP contribution in [0, 0.1) is 0 Å². The van der Waals surface area contributed by atoms with Crippen LogP contribution in [-0.4, -0.2) is 42.9 Å². The fourth-order valence-corrected chi connectivity index (χ4v) is 4.75. The zero-order valence-corrected chi connectivity index (χ0v) is 17.6. The van der Waals surface area contributed by atoms with Crippen LogP contribution in [0.5, 0.6) is 0 Å². The van der Waals surface area contributed by atoms with Crippen LogP contribution < -0.4 is 10.0 Å². The molecule has 1 aliphatic rings. The van der Waals surface area contributed by atoms with E-state index in [1.165, 1.54) is 0 Å². The van der Waals surface area contributed by atoms with Gasteiger partial charge in [-0.05, 0) is 54.0 Å². The maximum absolute atomic E-state index is 12.4. The number of nitrogens with zero attached hydrogens (tertiary/aromatic N) is 1. The highest BCUT2D eigenvalue weighted by atomic mass is 32.2. The van der Waals surface area contributed by atoms with E-state index in [1.54, 1.807) is 6.20 Å². The molecule has 160 valence electrons. The number of hydrogen-bond donors (Lipinski definition) is 3. The first-order valence-electron chi connectivity index (χ1n) is 10.0. The van der Waals surface area contributed by atoms with Crippen LogP contribution in [0.4, 0.5) is 0 Å². The van der Waals surface area contributed by atoms with Gasteiger partial charge < -0.3 is 5.11 Å². The van der Waals surface area contributed by atoms with Crippen LogP contribution in [0.15, 0.2) is 54.9 Å². The van der Waals surface area contributed by atoms with E-state index in [0.717, 1.165) is 22.3 Å². The lowest BCUT2D eigenvalue weighted by molar-refractivity contribution is -0.136. The molecule has 2 aromatic rings. The molecule has 1 atom stereocenters. The summed E-state index contributed by atoms with van der Waals surface area (Å²) >= 11 is 0. The normalized spacial score (nSPS) is 16.5. The van der Waals surface area contributed by atoms with Gasteiger partial charge in [0, 0.05) is 31.9 Å². The molecular formula is C22H27N3O4S. The van der Waals surface area contributed by atoms with Crippen LogP contribution in [0.2, 0.25) is 0 Å². The third-order valence-electron chi connectivity index (χ3n) is 4.94. The highest BCUT2D eigenvalue weighted by Crippen LogP contribution is 2.17. The standard InChI is InChI=1S/C22H27N3O4S/c26-22(27)7-6-17-12-18(14-20(13-17)15-19-4-3-9-23-16-19)8-11-25-30(28,29)21-5-1-2-10-24-21/h1-4,9,12-14,16,21,24-25H,5-8,10-11,15H2,(H,26,27). The van der Waals surface area contributed by atoms with Gasteiger partial charge in [0.2, 0.25) is 10.0 Å². The maximum Gasteiger partial charge on any atom is 0.303 e. The lowest BCUT2D eigenvalue weighted by atomic mass is 9.97. The van der Waals surface area contributed by atoms with Gasteiger partial charge in [-0.2, -0.15) is 0 Å². The minimum absolute atomic E-state index is 0.0588. The van der Waals surface area contributed by atoms with E-state index in [1.807, 2.05) is 48.7 Å². The van der Waals surface area contributed by atoms with Crippen molar-refractivity contribution in [2.45, 2.75) is 37.5 Å². The van der Waals surface area contributed by atoms with Crippen molar-refractivity contribution in [3.63, 3.8) is 0 Å². The highest BCUT2D eigenvalue weighted by molar-refractivity contribution is 7.90. The molecule has 0 fully saturated rings. The predicted octanol–water partition coefficient (Wildman–Crippen LogP) is 2.03. The SMILES string of the molecule is O=C(O)CCc1cc(CCNS(=O)(=O)C2CC=CCN2)cc(Cc2cccnc2)c1. The molecular weight excluding hydrogens is 402 g/mol. The number of benzene rings is 1. The van der Waals surface area contributed by atoms with E-state index in [9.17, 15) is 13.2 Å². The predicted molar refractivity (Wildman–Crippen MR) is 116 cm³/mol. The second kappa shape index (κ2) is 10.5. The van der Waals surface area contributed by atoms with E-state index in [-0.39, 0.29) is 6.42 Å². The van der Waals surface area contributed by atoms with Gasteiger partial charge in [0.15, 0.2) is 0 Å². The first-order valence-corrected chi connectivity index (χ1v) is 11.6. The van der Waals surface area contributed by atoms with Crippen LogP contribution in [-0.2, 0) is 34.1 Å². The third kappa shape index (κ3) is 6.76. The van der Waals surface area contributed by atoms with Crippen LogP contribution in [0.3, 0.4) is 0 Å². The van der Waals surface area contributed by atoms with E-state index in [0.29, 0.717) is 38.8 Å². The van der Waals surface area contributed by atoms with Gasteiger partial charge in [-0.15, -0.1) is 0 Å². The number of aromatic nitrogens is 1. The Kier molecular flexibility index (Phi) is 7.73. The second-order valence-electron chi connectivity index (χ2n) is 7.38. The average molecular weight is 430 g/mol. The van der Waals surface area contributed by atoms with Gasteiger partial charge in [0.1, 0.15) is 5.37 Å². The molecule has 0 amide bonds. The summed E-state index contributed by atoms with van der Waals surface area (Å²) in [5.74, 6) is -0.837. The fraction of sp³-hybridized carbons (Fsp3) is 0.364. The van der Waals surface area contributed by atoms with Crippen molar-refractivity contribution in [3.8, 4) is 0 Å². The number of pyridine rings is 1. The Balaban J connectivity index is 1.68. The molecule has 8 heteroatoms. The summed E-state index contributed by atoms with van der Waals surface area (Å²) in [7, 11) is -3.44. The largest absolute Gasteiger partial charge is 0.481 e. The first kappa shape index (κ1) is 22.1. The summed E-state index contributed by atoms with van der Waals surface area (Å²) in [6.45, 7) is 0.841. The Hall–Kier alpha value is -2.55. The van der Waals surface area contributed by atoms with Crippen molar-refractivity contribution in [1.29, 1.82) is 0 Å². The molecule has 7 nitrogen and oxygen atoms in total. The zero-order valence-electron chi connectivity index (χ0n) is 16.8. The lowest BCUT2D eigenvalue weighted by Gasteiger charge is -2.20. The molecule has 0 radical (unpaired) electrons. The summed E-state index contributed by atoms with van der Waals surface area (Å²) < 4.78 is 27.6. The Morgan fingerprint density at radius 2 is 1.90 bits per heavy atom. The van der Waals surface area contributed by atoms with Crippen molar-refractivity contribution < 1.29 is 18.3 Å². The summed E-state index contributed by atoms with van der Waals surface area (Å²) in [4.78, 5) is 15.1. The molecule has 0 saturated carbocycles. The molecule has 1 aromatic heterocycles. The molecule has 1 unspecified atom stereocenters. The Labute approximate surface area is 177 Å². The zero-order chi connectivity index (χ0) is 21.4. The van der Waals surface area contributed by atoms with Crippen molar-refractivity contribution in [1.82, 2.24) is 15.0 Å². The average Bonchev–Trinajstić information content (AvgIpc) is 2.73. The van der Waals surface area contributed by atoms with Gasteiger partial charge in [-0.3, -0.25) is 15.1 Å². The number of carboxylic acids is 1. The fourth-order valence-electron chi connectivity index (χ4n) is 3.48. The Bertz CT molecular complexity index is 991. The minimum Gasteiger partial charge on any atom is -0.481 e. The molecule has 1 aliphatic heterocycles. The Morgan fingerprint density at radius 1 is 1.13 bits per heavy atom. The molecule has 0 bridgehead atoms. The van der Waals surface area contributed by atoms with E-state index in [4.69, 9.17) is 5.11 Å². The smallest absolute Gasteiger partial charge is 0.303 e. The molecule has 0 aliphatic carbocycles. The van der Waals surface area contributed by atoms with Gasteiger partial charge in [0.25, 0.3) is 0 Å². The van der Waals surface area contributed by atoms with Crippen molar-refractivity contribution in [3.05, 3.63) is 77.1 Å². The molecule has 3 N–H and O–H groups in total. The number of nitrogens with one attached hydrogen (secondary N) is 2. The van der Waals surface area contributed by atoms with E-state index >= 15 is 0 Å². The van der Waals surface area contributed by atoms with Gasteiger partial charge in [0.05, 0.1) is 0 Å². The molecule has 30 heavy (non-hydrogen) atoms. The molecule has 1 aromatic carbocycles. The van der Waals surface area contributed by atoms with Crippen LogP contribution >= 0.6 is 0 Å². The van der Waals surface area contributed by atoms with Crippen LogP contribution in [0.25, 0.3) is 0 Å². The Morgan fingerprint density at radius 3 is 2.57 bits per heavy atom. The van der Waals surface area contributed by atoms with Gasteiger partial charge in [-0.1, -0.05) is 36.4 Å². The van der Waals surface area contributed by atoms with Crippen LogP contribution in [0.1, 0.15) is 35.1 Å². The van der Waals surface area contributed by atoms with Crippen molar-refractivity contribution in [2.24, 2.45) is 0 Å². The topological polar surface area (TPSA) is 108 Å².